The molecule has 2 fully saturated rings. The van der Waals surface area contributed by atoms with Gasteiger partial charge in [0, 0.05) is 49.2 Å². The minimum Gasteiger partial charge on any atom is -0.451 e. The van der Waals surface area contributed by atoms with Gasteiger partial charge in [-0.15, -0.1) is 0 Å². The maximum atomic E-state index is 12.8. The van der Waals surface area contributed by atoms with E-state index in [-0.39, 0.29) is 23.8 Å². The van der Waals surface area contributed by atoms with E-state index in [4.69, 9.17) is 4.74 Å². The summed E-state index contributed by atoms with van der Waals surface area (Å²) in [5.74, 6) is 0.748. The van der Waals surface area contributed by atoms with E-state index in [0.717, 1.165) is 43.7 Å². The minimum atomic E-state index is -0.574. The molecule has 0 radical (unpaired) electrons. The van der Waals surface area contributed by atoms with Crippen molar-refractivity contribution in [1.29, 1.82) is 0 Å². The van der Waals surface area contributed by atoms with E-state index in [1.165, 1.54) is 0 Å². The van der Waals surface area contributed by atoms with Crippen molar-refractivity contribution in [3.05, 3.63) is 54.0 Å². The summed E-state index contributed by atoms with van der Waals surface area (Å²) in [5.41, 5.74) is 0.920. The van der Waals surface area contributed by atoms with Crippen LogP contribution in [0.15, 0.2) is 42.9 Å². The lowest BCUT2D eigenvalue weighted by Gasteiger charge is -2.36. The van der Waals surface area contributed by atoms with Crippen molar-refractivity contribution in [1.82, 2.24) is 15.3 Å². The van der Waals surface area contributed by atoms with E-state index in [1.807, 2.05) is 24.3 Å². The molecule has 7 heteroatoms. The number of rotatable bonds is 3. The number of esters is 1. The van der Waals surface area contributed by atoms with Crippen LogP contribution in [0, 0.1) is 5.92 Å². The van der Waals surface area contributed by atoms with Crippen molar-refractivity contribution in [3.63, 3.8) is 0 Å². The number of hydrogen-bond donors (Lipinski definition) is 1. The average Bonchev–Trinajstić information content (AvgIpc) is 3.33. The first-order valence-electron chi connectivity index (χ1n) is 10.3. The van der Waals surface area contributed by atoms with Gasteiger partial charge in [-0.05, 0) is 50.3 Å². The van der Waals surface area contributed by atoms with E-state index >= 15 is 0 Å². The van der Waals surface area contributed by atoms with Gasteiger partial charge in [0.25, 0.3) is 0 Å². The van der Waals surface area contributed by atoms with Crippen LogP contribution in [0.5, 0.6) is 0 Å². The smallest absolute Gasteiger partial charge is 0.341 e. The number of fused-ring (bicyclic) bond motifs is 2. The molecule has 0 bridgehead atoms. The second kappa shape index (κ2) is 7.13. The highest BCUT2D eigenvalue weighted by atomic mass is 16.6. The van der Waals surface area contributed by atoms with Gasteiger partial charge in [0.15, 0.2) is 0 Å². The zero-order chi connectivity index (χ0) is 19.8. The SMILES string of the molecule is O=C1OC2(CCC(C(=O)N[C@H]3CCN(c4ccccn4)C3)CC2)c2ccncc21. The summed E-state index contributed by atoms with van der Waals surface area (Å²) in [6, 6.07) is 7.92. The second-order valence-corrected chi connectivity index (χ2v) is 8.21. The van der Waals surface area contributed by atoms with Crippen molar-refractivity contribution in [2.24, 2.45) is 5.92 Å². The number of ether oxygens (including phenoxy) is 1. The number of pyridine rings is 2. The molecule has 2 aromatic heterocycles. The second-order valence-electron chi connectivity index (χ2n) is 8.21. The number of aromatic nitrogens is 2. The molecule has 3 aliphatic rings. The molecule has 1 saturated carbocycles. The zero-order valence-electron chi connectivity index (χ0n) is 16.2. The van der Waals surface area contributed by atoms with Crippen LogP contribution in [-0.4, -0.2) is 41.0 Å². The maximum absolute atomic E-state index is 12.8. The maximum Gasteiger partial charge on any atom is 0.341 e. The third-order valence-corrected chi connectivity index (χ3v) is 6.49. The molecule has 0 aromatic carbocycles. The van der Waals surface area contributed by atoms with Crippen molar-refractivity contribution >= 4 is 17.7 Å². The van der Waals surface area contributed by atoms with Crippen LogP contribution >= 0.6 is 0 Å². The van der Waals surface area contributed by atoms with Crippen molar-refractivity contribution in [3.8, 4) is 0 Å². The molecule has 4 heterocycles. The Hall–Kier alpha value is -2.96. The monoisotopic (exact) mass is 392 g/mol. The largest absolute Gasteiger partial charge is 0.451 e. The quantitative estimate of drug-likeness (QED) is 0.808. The van der Waals surface area contributed by atoms with Gasteiger partial charge in [-0.25, -0.2) is 9.78 Å². The molecule has 29 heavy (non-hydrogen) atoms. The van der Waals surface area contributed by atoms with Gasteiger partial charge in [0.2, 0.25) is 5.91 Å². The molecule has 1 N–H and O–H groups in total. The predicted octanol–water partition coefficient (Wildman–Crippen LogP) is 2.43. The van der Waals surface area contributed by atoms with Gasteiger partial charge in [0.05, 0.1) is 5.56 Å². The van der Waals surface area contributed by atoms with E-state index in [1.54, 1.807) is 18.6 Å². The van der Waals surface area contributed by atoms with Crippen LogP contribution < -0.4 is 10.2 Å². The standard InChI is InChI=1S/C22H24N4O3/c27-20(25-16-7-12-26(14-16)19-3-1-2-10-24-19)15-4-8-22(9-5-15)18-6-11-23-13-17(18)21(28)29-22/h1-3,6,10-11,13,15-16H,4-5,7-9,12,14H2,(H,25,27)/t15?,16-,22?/m0/s1. The van der Waals surface area contributed by atoms with Crippen LogP contribution in [0.4, 0.5) is 5.82 Å². The Morgan fingerprint density at radius 1 is 1.17 bits per heavy atom. The van der Waals surface area contributed by atoms with E-state index in [9.17, 15) is 9.59 Å². The fraction of sp³-hybridized carbons (Fsp3) is 0.455. The fourth-order valence-electron chi connectivity index (χ4n) is 4.91. The number of amides is 1. The topological polar surface area (TPSA) is 84.4 Å². The Labute approximate surface area is 169 Å². The van der Waals surface area contributed by atoms with Gasteiger partial charge in [-0.2, -0.15) is 0 Å². The molecule has 1 amide bonds. The number of carbonyl (C=O) groups excluding carboxylic acids is 2. The van der Waals surface area contributed by atoms with Gasteiger partial charge >= 0.3 is 5.97 Å². The minimum absolute atomic E-state index is 0.0332. The zero-order valence-corrected chi connectivity index (χ0v) is 16.2. The Morgan fingerprint density at radius 3 is 2.83 bits per heavy atom. The lowest BCUT2D eigenvalue weighted by molar-refractivity contribution is -0.128. The Morgan fingerprint density at radius 2 is 2.03 bits per heavy atom. The van der Waals surface area contributed by atoms with E-state index < -0.39 is 5.60 Å². The van der Waals surface area contributed by atoms with Gasteiger partial charge in [-0.3, -0.25) is 9.78 Å². The number of hydrogen-bond acceptors (Lipinski definition) is 6. The third-order valence-electron chi connectivity index (χ3n) is 6.49. The highest BCUT2D eigenvalue weighted by Gasteiger charge is 2.48. The molecule has 7 nitrogen and oxygen atoms in total. The first kappa shape index (κ1) is 18.1. The number of nitrogens with one attached hydrogen (secondary N) is 1. The molecule has 1 aliphatic carbocycles. The Bertz CT molecular complexity index is 925. The van der Waals surface area contributed by atoms with Crippen LogP contribution in [0.25, 0.3) is 0 Å². The fourth-order valence-corrected chi connectivity index (χ4v) is 4.91. The number of anilines is 1. The highest BCUT2D eigenvalue weighted by Crippen LogP contribution is 2.47. The Kier molecular flexibility index (Phi) is 4.45. The van der Waals surface area contributed by atoms with Crippen LogP contribution in [-0.2, 0) is 15.1 Å². The molecule has 0 unspecified atom stereocenters. The molecular weight excluding hydrogens is 368 g/mol. The van der Waals surface area contributed by atoms with Crippen molar-refractivity contribution in [2.45, 2.75) is 43.7 Å². The molecule has 2 aromatic rings. The van der Waals surface area contributed by atoms with Crippen molar-refractivity contribution < 1.29 is 14.3 Å². The summed E-state index contributed by atoms with van der Waals surface area (Å²) in [6.45, 7) is 1.69. The summed E-state index contributed by atoms with van der Waals surface area (Å²) in [5, 5.41) is 3.23. The Balaban J connectivity index is 1.18. The molecule has 1 saturated heterocycles. The molecule has 5 rings (SSSR count). The van der Waals surface area contributed by atoms with Crippen LogP contribution in [0.2, 0.25) is 0 Å². The predicted molar refractivity (Wildman–Crippen MR) is 106 cm³/mol. The summed E-state index contributed by atoms with van der Waals surface area (Å²) in [6.07, 6.45) is 8.81. The average molecular weight is 392 g/mol. The lowest BCUT2D eigenvalue weighted by Crippen LogP contribution is -2.43. The summed E-state index contributed by atoms with van der Waals surface area (Å²) < 4.78 is 5.76. The summed E-state index contributed by atoms with van der Waals surface area (Å²) >= 11 is 0. The highest BCUT2D eigenvalue weighted by molar-refractivity contribution is 5.94. The molecule has 150 valence electrons. The van der Waals surface area contributed by atoms with E-state index in [0.29, 0.717) is 18.4 Å². The van der Waals surface area contributed by atoms with Crippen LogP contribution in [0.3, 0.4) is 0 Å². The number of carbonyl (C=O) groups is 2. The molecule has 2 aliphatic heterocycles. The van der Waals surface area contributed by atoms with Gasteiger partial charge in [0.1, 0.15) is 11.4 Å². The van der Waals surface area contributed by atoms with Gasteiger partial charge < -0.3 is 15.0 Å². The van der Waals surface area contributed by atoms with Crippen LogP contribution in [0.1, 0.15) is 48.0 Å². The normalized spacial score (nSPS) is 28.3. The first-order valence-corrected chi connectivity index (χ1v) is 10.3. The summed E-state index contributed by atoms with van der Waals surface area (Å²) in [4.78, 5) is 35.7. The molecule has 1 atom stereocenters. The lowest BCUT2D eigenvalue weighted by atomic mass is 9.75. The third kappa shape index (κ3) is 3.24. The van der Waals surface area contributed by atoms with Crippen molar-refractivity contribution in [2.75, 3.05) is 18.0 Å². The van der Waals surface area contributed by atoms with E-state index in [2.05, 4.69) is 20.2 Å². The molecule has 1 spiro atoms. The molecular formula is C22H24N4O3. The van der Waals surface area contributed by atoms with Gasteiger partial charge in [-0.1, -0.05) is 6.07 Å². The number of nitrogens with zero attached hydrogens (tertiary/aromatic N) is 3. The first-order chi connectivity index (χ1) is 14.1. The summed E-state index contributed by atoms with van der Waals surface area (Å²) in [7, 11) is 0.